The molecular weight excluding hydrogens is 197 g/mol. The number of benzene rings is 1. The Morgan fingerprint density at radius 3 is 2.80 bits per heavy atom. The average molecular weight is 207 g/mol. The lowest BCUT2D eigenvalue weighted by Gasteiger charge is -2.09. The molecule has 0 aliphatic carbocycles. The molecule has 0 radical (unpaired) electrons. The molecule has 0 bridgehead atoms. The summed E-state index contributed by atoms with van der Waals surface area (Å²) < 4.78 is 4.98. The van der Waals surface area contributed by atoms with Crippen LogP contribution >= 0.6 is 0 Å². The topological polar surface area (TPSA) is 78.8 Å². The van der Waals surface area contributed by atoms with Crippen LogP contribution in [0.25, 0.3) is 0 Å². The van der Waals surface area contributed by atoms with Gasteiger partial charge in [-0.3, -0.25) is 4.79 Å². The highest BCUT2D eigenvalue weighted by Gasteiger charge is 2.25. The molecule has 0 atom stereocenters. The van der Waals surface area contributed by atoms with Crippen molar-refractivity contribution in [2.45, 2.75) is 6.54 Å². The lowest BCUT2D eigenvalue weighted by atomic mass is 9.78. The maximum atomic E-state index is 11.3. The van der Waals surface area contributed by atoms with Gasteiger partial charge in [-0.25, -0.2) is 0 Å². The fourth-order valence-corrected chi connectivity index (χ4v) is 1.65. The monoisotopic (exact) mass is 207 g/mol. The van der Waals surface area contributed by atoms with Crippen molar-refractivity contribution in [3.05, 3.63) is 23.3 Å². The molecule has 0 aromatic heterocycles. The molecule has 3 N–H and O–H groups in total. The van der Waals surface area contributed by atoms with E-state index in [1.54, 1.807) is 6.07 Å². The summed E-state index contributed by atoms with van der Waals surface area (Å²) in [7, 11) is -0.179. The van der Waals surface area contributed by atoms with Crippen LogP contribution in [0.5, 0.6) is 5.75 Å². The molecule has 1 aliphatic rings. The first-order valence-electron chi connectivity index (χ1n) is 4.48. The van der Waals surface area contributed by atoms with Gasteiger partial charge < -0.3 is 20.1 Å². The third kappa shape index (κ3) is 1.58. The van der Waals surface area contributed by atoms with E-state index in [2.05, 4.69) is 5.32 Å². The molecule has 0 saturated heterocycles. The molecule has 15 heavy (non-hydrogen) atoms. The van der Waals surface area contributed by atoms with Crippen molar-refractivity contribution in [1.82, 2.24) is 5.32 Å². The van der Waals surface area contributed by atoms with Gasteiger partial charge in [0.25, 0.3) is 5.91 Å². The van der Waals surface area contributed by atoms with Gasteiger partial charge >= 0.3 is 7.12 Å². The summed E-state index contributed by atoms with van der Waals surface area (Å²) in [4.78, 5) is 11.3. The Kier molecular flexibility index (Phi) is 2.38. The van der Waals surface area contributed by atoms with E-state index in [1.807, 2.05) is 0 Å². The number of amides is 1. The Balaban J connectivity index is 2.56. The zero-order valence-corrected chi connectivity index (χ0v) is 8.15. The van der Waals surface area contributed by atoms with Gasteiger partial charge in [0.2, 0.25) is 0 Å². The second-order valence-corrected chi connectivity index (χ2v) is 3.31. The summed E-state index contributed by atoms with van der Waals surface area (Å²) >= 11 is 0. The predicted molar refractivity (Wildman–Crippen MR) is 54.0 cm³/mol. The summed E-state index contributed by atoms with van der Waals surface area (Å²) in [6.45, 7) is 0.415. The summed E-state index contributed by atoms with van der Waals surface area (Å²) in [6, 6.07) is 3.09. The normalized spacial score (nSPS) is 13.4. The summed E-state index contributed by atoms with van der Waals surface area (Å²) in [5.74, 6) is 0.142. The molecule has 1 aliphatic heterocycles. The van der Waals surface area contributed by atoms with Crippen molar-refractivity contribution >= 4 is 18.5 Å². The van der Waals surface area contributed by atoms with Crippen LogP contribution < -0.4 is 15.5 Å². The molecule has 5 nitrogen and oxygen atoms in total. The Labute approximate surface area is 86.8 Å². The number of ether oxygens (including phenoxy) is 1. The first-order chi connectivity index (χ1) is 7.13. The summed E-state index contributed by atoms with van der Waals surface area (Å²) in [5, 5.41) is 20.9. The van der Waals surface area contributed by atoms with Gasteiger partial charge in [-0.15, -0.1) is 0 Å². The first-order valence-corrected chi connectivity index (χ1v) is 4.48. The molecule has 1 amide bonds. The fraction of sp³-hybridized carbons (Fsp3) is 0.222. The lowest BCUT2D eigenvalue weighted by Crippen LogP contribution is -2.31. The molecule has 1 aromatic rings. The van der Waals surface area contributed by atoms with Gasteiger partial charge in [0.1, 0.15) is 5.75 Å². The Morgan fingerprint density at radius 2 is 2.20 bits per heavy atom. The van der Waals surface area contributed by atoms with Crippen molar-refractivity contribution in [3.63, 3.8) is 0 Å². The molecule has 0 fully saturated rings. The Bertz CT molecular complexity index is 419. The van der Waals surface area contributed by atoms with E-state index in [0.717, 1.165) is 5.56 Å². The highest BCUT2D eigenvalue weighted by molar-refractivity contribution is 6.59. The van der Waals surface area contributed by atoms with Gasteiger partial charge in [0.15, 0.2) is 0 Å². The van der Waals surface area contributed by atoms with Crippen LogP contribution in [0.15, 0.2) is 12.1 Å². The van der Waals surface area contributed by atoms with Crippen molar-refractivity contribution in [1.29, 1.82) is 0 Å². The van der Waals surface area contributed by atoms with Gasteiger partial charge in [-0.1, -0.05) is 6.07 Å². The van der Waals surface area contributed by atoms with Crippen molar-refractivity contribution in [3.8, 4) is 5.75 Å². The summed E-state index contributed by atoms with van der Waals surface area (Å²) in [6.07, 6.45) is 0. The maximum absolute atomic E-state index is 11.3. The van der Waals surface area contributed by atoms with Crippen molar-refractivity contribution < 1.29 is 19.6 Å². The average Bonchev–Trinajstić information content (AvgIpc) is 2.58. The number of fused-ring (bicyclic) bond motifs is 1. The van der Waals surface area contributed by atoms with Gasteiger partial charge in [-0.2, -0.15) is 0 Å². The predicted octanol–water partition coefficient (Wildman–Crippen LogP) is -1.38. The molecule has 0 unspecified atom stereocenters. The van der Waals surface area contributed by atoms with E-state index >= 15 is 0 Å². The van der Waals surface area contributed by atoms with Crippen molar-refractivity contribution in [2.75, 3.05) is 7.11 Å². The zero-order chi connectivity index (χ0) is 11.0. The number of carbonyl (C=O) groups excluding carboxylic acids is 1. The van der Waals surface area contributed by atoms with E-state index in [4.69, 9.17) is 14.8 Å². The number of carbonyl (C=O) groups is 1. The molecule has 78 valence electrons. The molecule has 1 aromatic carbocycles. The molecule has 2 rings (SSSR count). The van der Waals surface area contributed by atoms with E-state index in [9.17, 15) is 4.79 Å². The van der Waals surface area contributed by atoms with Crippen LogP contribution in [0, 0.1) is 0 Å². The third-order valence-corrected chi connectivity index (χ3v) is 2.42. The van der Waals surface area contributed by atoms with Gasteiger partial charge in [0, 0.05) is 17.6 Å². The van der Waals surface area contributed by atoms with E-state index in [0.29, 0.717) is 17.9 Å². The lowest BCUT2D eigenvalue weighted by molar-refractivity contribution is 0.0965. The Hall–Kier alpha value is -1.53. The Morgan fingerprint density at radius 1 is 1.47 bits per heavy atom. The molecule has 0 saturated carbocycles. The smallest absolute Gasteiger partial charge is 0.492 e. The van der Waals surface area contributed by atoms with E-state index in [1.165, 1.54) is 13.2 Å². The second-order valence-electron chi connectivity index (χ2n) is 3.31. The van der Waals surface area contributed by atoms with E-state index < -0.39 is 7.12 Å². The molecule has 1 heterocycles. The van der Waals surface area contributed by atoms with Crippen molar-refractivity contribution in [2.24, 2.45) is 0 Å². The van der Waals surface area contributed by atoms with Crippen LogP contribution in [0.1, 0.15) is 15.9 Å². The van der Waals surface area contributed by atoms with Gasteiger partial charge in [0.05, 0.1) is 7.11 Å². The third-order valence-electron chi connectivity index (χ3n) is 2.42. The number of nitrogens with one attached hydrogen (secondary N) is 1. The second kappa shape index (κ2) is 3.56. The maximum Gasteiger partial charge on any atom is 0.492 e. The standard InChI is InChI=1S/C9H10BNO4/c1-15-8-3-6-5(4-11-9(6)12)2-7(8)10(13)14/h2-3,13-14H,4H2,1H3,(H,11,12). The quantitative estimate of drug-likeness (QED) is 0.522. The number of hydrogen-bond donors (Lipinski definition) is 3. The molecular formula is C9H10BNO4. The van der Waals surface area contributed by atoms with E-state index in [-0.39, 0.29) is 11.4 Å². The largest absolute Gasteiger partial charge is 0.497 e. The minimum atomic E-state index is -1.60. The SMILES string of the molecule is COc1cc2c(cc1B(O)O)CNC2=O. The van der Waals surface area contributed by atoms with Crippen LogP contribution in [-0.2, 0) is 6.54 Å². The number of hydrogen-bond acceptors (Lipinski definition) is 4. The number of methoxy groups -OCH3 is 1. The van der Waals surface area contributed by atoms with Crippen LogP contribution in [0.3, 0.4) is 0 Å². The molecule has 0 spiro atoms. The van der Waals surface area contributed by atoms with Crippen LogP contribution in [0.2, 0.25) is 0 Å². The van der Waals surface area contributed by atoms with Gasteiger partial charge in [-0.05, 0) is 11.6 Å². The number of rotatable bonds is 2. The van der Waals surface area contributed by atoms with Crippen LogP contribution in [0.4, 0.5) is 0 Å². The fourth-order valence-electron chi connectivity index (χ4n) is 1.65. The first kappa shape index (κ1) is 10.0. The zero-order valence-electron chi connectivity index (χ0n) is 8.15. The highest BCUT2D eigenvalue weighted by atomic mass is 16.5. The molecule has 6 heteroatoms. The highest BCUT2D eigenvalue weighted by Crippen LogP contribution is 2.20. The minimum Gasteiger partial charge on any atom is -0.497 e. The van der Waals surface area contributed by atoms with Crippen LogP contribution in [-0.4, -0.2) is 30.2 Å². The minimum absolute atomic E-state index is 0.165. The summed E-state index contributed by atoms with van der Waals surface area (Å²) in [5.41, 5.74) is 1.55.